The number of para-hydroxylation sites is 2. The highest BCUT2D eigenvalue weighted by Crippen LogP contribution is 2.48. The third kappa shape index (κ3) is 2.39. The number of hydrogen-bond acceptors (Lipinski definition) is 4. The van der Waals surface area contributed by atoms with Gasteiger partial charge in [0.25, 0.3) is 0 Å². The molecule has 1 aliphatic heterocycles. The summed E-state index contributed by atoms with van der Waals surface area (Å²) in [5.74, 6) is 1.82. The Balaban J connectivity index is 1.97. The van der Waals surface area contributed by atoms with E-state index >= 15 is 0 Å². The predicted molar refractivity (Wildman–Crippen MR) is 79.3 cm³/mol. The van der Waals surface area contributed by atoms with Crippen LogP contribution in [-0.4, -0.2) is 18.8 Å². The second kappa shape index (κ2) is 5.59. The minimum Gasteiger partial charge on any atom is -0.468 e. The SMILES string of the molecule is COC(=O)CSC1c2ccccc2Oc2ccccc21. The molecule has 2 aromatic carbocycles. The van der Waals surface area contributed by atoms with Gasteiger partial charge in [-0.25, -0.2) is 0 Å². The van der Waals surface area contributed by atoms with Gasteiger partial charge in [0.2, 0.25) is 0 Å². The molecule has 0 fully saturated rings. The highest BCUT2D eigenvalue weighted by molar-refractivity contribution is 8.00. The van der Waals surface area contributed by atoms with Gasteiger partial charge in [-0.3, -0.25) is 4.79 Å². The van der Waals surface area contributed by atoms with Gasteiger partial charge in [-0.15, -0.1) is 11.8 Å². The first-order valence-corrected chi connectivity index (χ1v) is 7.38. The fourth-order valence-corrected chi connectivity index (χ4v) is 3.43. The smallest absolute Gasteiger partial charge is 0.315 e. The van der Waals surface area contributed by atoms with Gasteiger partial charge in [-0.2, -0.15) is 0 Å². The quantitative estimate of drug-likeness (QED) is 0.804. The number of methoxy groups -OCH3 is 1. The molecule has 0 saturated heterocycles. The molecule has 102 valence electrons. The minimum atomic E-state index is -0.212. The fraction of sp³-hybridized carbons (Fsp3) is 0.188. The van der Waals surface area contributed by atoms with Gasteiger partial charge in [-0.1, -0.05) is 36.4 Å². The van der Waals surface area contributed by atoms with E-state index in [1.165, 1.54) is 7.11 Å². The molecule has 4 heteroatoms. The molecule has 0 radical (unpaired) electrons. The largest absolute Gasteiger partial charge is 0.468 e. The second-order valence-electron chi connectivity index (χ2n) is 4.44. The number of carbonyl (C=O) groups is 1. The van der Waals surface area contributed by atoms with Crippen LogP contribution in [0.3, 0.4) is 0 Å². The highest BCUT2D eigenvalue weighted by atomic mass is 32.2. The molecular weight excluding hydrogens is 272 g/mol. The van der Waals surface area contributed by atoms with Crippen LogP contribution in [0.1, 0.15) is 16.4 Å². The molecule has 0 spiro atoms. The van der Waals surface area contributed by atoms with E-state index < -0.39 is 0 Å². The van der Waals surface area contributed by atoms with Crippen molar-refractivity contribution in [2.45, 2.75) is 5.25 Å². The summed E-state index contributed by atoms with van der Waals surface area (Å²) >= 11 is 1.56. The van der Waals surface area contributed by atoms with E-state index in [2.05, 4.69) is 0 Å². The number of esters is 1. The number of benzene rings is 2. The summed E-state index contributed by atoms with van der Waals surface area (Å²) in [6.45, 7) is 0. The summed E-state index contributed by atoms with van der Waals surface area (Å²) in [5, 5.41) is 0.0928. The van der Waals surface area contributed by atoms with Crippen molar-refractivity contribution < 1.29 is 14.3 Å². The summed E-state index contributed by atoms with van der Waals surface area (Å²) in [6, 6.07) is 15.9. The van der Waals surface area contributed by atoms with E-state index in [1.807, 2.05) is 48.5 Å². The van der Waals surface area contributed by atoms with E-state index in [4.69, 9.17) is 9.47 Å². The molecule has 3 rings (SSSR count). The predicted octanol–water partition coefficient (Wildman–Crippen LogP) is 3.79. The molecule has 20 heavy (non-hydrogen) atoms. The molecule has 0 N–H and O–H groups in total. The average Bonchev–Trinajstić information content (AvgIpc) is 2.51. The maximum atomic E-state index is 11.4. The Hall–Kier alpha value is -1.94. The standard InChI is InChI=1S/C16H14O3S/c1-18-15(17)10-20-16-11-6-2-4-8-13(11)19-14-9-5-3-7-12(14)16/h2-9,16H,10H2,1H3. The first kappa shape index (κ1) is 13.1. The topological polar surface area (TPSA) is 35.5 Å². The average molecular weight is 286 g/mol. The number of hydrogen-bond donors (Lipinski definition) is 0. The number of ether oxygens (including phenoxy) is 2. The van der Waals surface area contributed by atoms with Gasteiger partial charge in [0.1, 0.15) is 11.5 Å². The van der Waals surface area contributed by atoms with Crippen LogP contribution in [0.5, 0.6) is 11.5 Å². The van der Waals surface area contributed by atoms with Crippen molar-refractivity contribution in [3.05, 3.63) is 59.7 Å². The molecule has 3 nitrogen and oxygen atoms in total. The first-order chi connectivity index (χ1) is 9.79. The van der Waals surface area contributed by atoms with Crippen molar-refractivity contribution in [2.24, 2.45) is 0 Å². The molecule has 0 saturated carbocycles. The monoisotopic (exact) mass is 286 g/mol. The molecule has 0 aromatic heterocycles. The Morgan fingerprint density at radius 2 is 1.65 bits per heavy atom. The Morgan fingerprint density at radius 1 is 1.10 bits per heavy atom. The van der Waals surface area contributed by atoms with Gasteiger partial charge >= 0.3 is 5.97 Å². The van der Waals surface area contributed by atoms with Crippen molar-refractivity contribution in [1.82, 2.24) is 0 Å². The summed E-state index contributed by atoms with van der Waals surface area (Å²) < 4.78 is 10.6. The Labute approximate surface area is 121 Å². The van der Waals surface area contributed by atoms with Gasteiger partial charge < -0.3 is 9.47 Å². The molecule has 0 unspecified atom stereocenters. The zero-order valence-electron chi connectivity index (χ0n) is 11.0. The van der Waals surface area contributed by atoms with Crippen molar-refractivity contribution in [1.29, 1.82) is 0 Å². The molecule has 0 aliphatic carbocycles. The minimum absolute atomic E-state index is 0.0928. The lowest BCUT2D eigenvalue weighted by molar-refractivity contribution is -0.137. The fourth-order valence-electron chi connectivity index (χ4n) is 2.26. The van der Waals surface area contributed by atoms with E-state index in [0.29, 0.717) is 5.75 Å². The summed E-state index contributed by atoms with van der Waals surface area (Å²) in [6.07, 6.45) is 0. The lowest BCUT2D eigenvalue weighted by Crippen LogP contribution is -2.11. The van der Waals surface area contributed by atoms with Crippen molar-refractivity contribution in [2.75, 3.05) is 12.9 Å². The van der Waals surface area contributed by atoms with Crippen LogP contribution in [0.4, 0.5) is 0 Å². The van der Waals surface area contributed by atoms with Crippen LogP contribution >= 0.6 is 11.8 Å². The number of rotatable bonds is 3. The van der Waals surface area contributed by atoms with Crippen molar-refractivity contribution in [3.8, 4) is 11.5 Å². The van der Waals surface area contributed by atoms with Crippen LogP contribution in [-0.2, 0) is 9.53 Å². The maximum Gasteiger partial charge on any atom is 0.315 e. The summed E-state index contributed by atoms with van der Waals surface area (Å²) in [4.78, 5) is 11.4. The molecule has 0 atom stereocenters. The molecule has 0 amide bonds. The lowest BCUT2D eigenvalue weighted by atomic mass is 10.00. The summed E-state index contributed by atoms with van der Waals surface area (Å²) in [7, 11) is 1.41. The normalized spacial score (nSPS) is 13.1. The van der Waals surface area contributed by atoms with Crippen molar-refractivity contribution >= 4 is 17.7 Å². The molecule has 1 aliphatic rings. The lowest BCUT2D eigenvalue weighted by Gasteiger charge is -2.27. The highest BCUT2D eigenvalue weighted by Gasteiger charge is 2.27. The number of carbonyl (C=O) groups excluding carboxylic acids is 1. The van der Waals surface area contributed by atoms with Gasteiger partial charge in [0.05, 0.1) is 18.1 Å². The van der Waals surface area contributed by atoms with Crippen LogP contribution < -0.4 is 4.74 Å². The van der Waals surface area contributed by atoms with Gasteiger partial charge in [0, 0.05) is 11.1 Å². The first-order valence-electron chi connectivity index (χ1n) is 6.33. The van der Waals surface area contributed by atoms with Crippen LogP contribution in [0.15, 0.2) is 48.5 Å². The number of fused-ring (bicyclic) bond motifs is 2. The Bertz CT molecular complexity index is 594. The maximum absolute atomic E-state index is 11.4. The van der Waals surface area contributed by atoms with E-state index in [0.717, 1.165) is 22.6 Å². The van der Waals surface area contributed by atoms with Gasteiger partial charge in [-0.05, 0) is 12.1 Å². The van der Waals surface area contributed by atoms with Crippen LogP contribution in [0.2, 0.25) is 0 Å². The second-order valence-corrected chi connectivity index (χ2v) is 5.54. The van der Waals surface area contributed by atoms with E-state index in [1.54, 1.807) is 11.8 Å². The molecule has 0 bridgehead atoms. The van der Waals surface area contributed by atoms with Crippen molar-refractivity contribution in [3.63, 3.8) is 0 Å². The third-order valence-electron chi connectivity index (χ3n) is 3.22. The van der Waals surface area contributed by atoms with Crippen LogP contribution in [0, 0.1) is 0 Å². The van der Waals surface area contributed by atoms with E-state index in [-0.39, 0.29) is 11.2 Å². The Morgan fingerprint density at radius 3 is 2.20 bits per heavy atom. The van der Waals surface area contributed by atoms with E-state index in [9.17, 15) is 4.79 Å². The zero-order chi connectivity index (χ0) is 13.9. The molecule has 2 aromatic rings. The Kier molecular flexibility index (Phi) is 3.65. The third-order valence-corrected chi connectivity index (χ3v) is 4.46. The van der Waals surface area contributed by atoms with Gasteiger partial charge in [0.15, 0.2) is 0 Å². The van der Waals surface area contributed by atoms with Crippen LogP contribution in [0.25, 0.3) is 0 Å². The zero-order valence-corrected chi connectivity index (χ0v) is 11.9. The molecule has 1 heterocycles. The summed E-state index contributed by atoms with van der Waals surface area (Å²) in [5.41, 5.74) is 2.19. The molecular formula is C16H14O3S. The number of thioether (sulfide) groups is 1.